The average molecular weight is 306 g/mol. The summed E-state index contributed by atoms with van der Waals surface area (Å²) in [6.45, 7) is 4.90. The first-order valence-electron chi connectivity index (χ1n) is 8.31. The molecule has 1 aromatic carbocycles. The molecule has 0 radical (unpaired) electrons. The maximum Gasteiger partial charge on any atom is 0.131 e. The number of hydrogen-bond donors (Lipinski definition) is 0. The topological polar surface area (TPSA) is 25.4 Å². The van der Waals surface area contributed by atoms with Crippen LogP contribution >= 0.6 is 0 Å². The molecule has 0 unspecified atom stereocenters. The zero-order valence-electron chi connectivity index (χ0n) is 13.8. The first kappa shape index (κ1) is 14.5. The summed E-state index contributed by atoms with van der Waals surface area (Å²) >= 11 is 0. The summed E-state index contributed by atoms with van der Waals surface area (Å²) in [6, 6.07) is 10.8. The molecular formula is C20H22N2O. The van der Waals surface area contributed by atoms with E-state index >= 15 is 0 Å². The minimum absolute atomic E-state index is 0.545. The Balaban J connectivity index is 1.94. The Morgan fingerprint density at radius 2 is 1.91 bits per heavy atom. The molecule has 23 heavy (non-hydrogen) atoms. The smallest absolute Gasteiger partial charge is 0.131 e. The summed E-state index contributed by atoms with van der Waals surface area (Å²) in [7, 11) is 2.20. The summed E-state index contributed by atoms with van der Waals surface area (Å²) in [5, 5.41) is 0. The Labute approximate surface area is 137 Å². The van der Waals surface area contributed by atoms with Gasteiger partial charge in [-0.15, -0.1) is 0 Å². The Kier molecular flexibility index (Phi) is 3.66. The summed E-state index contributed by atoms with van der Waals surface area (Å²) in [6.07, 6.45) is 4.10. The molecule has 0 bridgehead atoms. The number of aryl methyl sites for hydroxylation is 1. The van der Waals surface area contributed by atoms with Crippen molar-refractivity contribution in [3.05, 3.63) is 64.5 Å². The van der Waals surface area contributed by atoms with Gasteiger partial charge in [-0.1, -0.05) is 23.8 Å². The van der Waals surface area contributed by atoms with E-state index in [4.69, 9.17) is 4.74 Å². The molecule has 0 spiro atoms. The van der Waals surface area contributed by atoms with E-state index < -0.39 is 0 Å². The molecule has 0 saturated carbocycles. The van der Waals surface area contributed by atoms with E-state index in [-0.39, 0.29) is 0 Å². The van der Waals surface area contributed by atoms with Gasteiger partial charge in [-0.2, -0.15) is 0 Å². The van der Waals surface area contributed by atoms with Crippen LogP contribution in [-0.2, 0) is 6.61 Å². The molecule has 3 nitrogen and oxygen atoms in total. The van der Waals surface area contributed by atoms with Crippen molar-refractivity contribution in [2.24, 2.45) is 0 Å². The Hall–Kier alpha value is -2.13. The lowest BCUT2D eigenvalue weighted by molar-refractivity contribution is 0.302. The molecule has 118 valence electrons. The average Bonchev–Trinajstić information content (AvgIpc) is 2.72. The third kappa shape index (κ3) is 2.66. The highest BCUT2D eigenvalue weighted by Gasteiger charge is 2.24. The molecule has 1 aromatic heterocycles. The quantitative estimate of drug-likeness (QED) is 0.740. The zero-order chi connectivity index (χ0) is 15.8. The normalized spacial score (nSPS) is 18.0. The van der Waals surface area contributed by atoms with Gasteiger partial charge >= 0.3 is 0 Å². The fourth-order valence-electron chi connectivity index (χ4n) is 3.55. The van der Waals surface area contributed by atoms with E-state index in [1.54, 1.807) is 0 Å². The molecule has 2 aromatic rings. The number of pyridine rings is 1. The van der Waals surface area contributed by atoms with Gasteiger partial charge in [0.25, 0.3) is 0 Å². The van der Waals surface area contributed by atoms with Gasteiger partial charge in [0.1, 0.15) is 12.4 Å². The molecule has 1 fully saturated rings. The van der Waals surface area contributed by atoms with Crippen molar-refractivity contribution in [3.8, 4) is 5.75 Å². The van der Waals surface area contributed by atoms with E-state index in [2.05, 4.69) is 48.1 Å². The number of likely N-dealkylation sites (tertiary alicyclic amines) is 1. The van der Waals surface area contributed by atoms with Crippen molar-refractivity contribution in [1.82, 2.24) is 9.88 Å². The lowest BCUT2D eigenvalue weighted by atomic mass is 9.87. The standard InChI is InChI=1S/C20H22N2O/c1-14-5-6-17-19(12-14)23-13-18-16(4-3-9-21-18)20(17)15-7-10-22(2)11-8-15/h3-6,9,12H,7-8,10-11,13H2,1-2H3. The number of hydrogen-bond acceptors (Lipinski definition) is 3. The molecule has 0 aliphatic carbocycles. The van der Waals surface area contributed by atoms with Crippen LogP contribution in [0.5, 0.6) is 5.75 Å². The largest absolute Gasteiger partial charge is 0.487 e. The summed E-state index contributed by atoms with van der Waals surface area (Å²) in [5.41, 5.74) is 7.64. The van der Waals surface area contributed by atoms with Crippen LogP contribution in [0.1, 0.15) is 35.2 Å². The number of nitrogens with zero attached hydrogens (tertiary/aromatic N) is 2. The van der Waals surface area contributed by atoms with E-state index in [1.807, 2.05) is 12.3 Å². The van der Waals surface area contributed by atoms with Gasteiger partial charge in [0.15, 0.2) is 0 Å². The maximum atomic E-state index is 6.09. The number of rotatable bonds is 0. The highest BCUT2D eigenvalue weighted by Crippen LogP contribution is 2.40. The zero-order valence-corrected chi connectivity index (χ0v) is 13.8. The van der Waals surface area contributed by atoms with Crippen molar-refractivity contribution in [3.63, 3.8) is 0 Å². The van der Waals surface area contributed by atoms with Crippen molar-refractivity contribution in [1.29, 1.82) is 0 Å². The van der Waals surface area contributed by atoms with Crippen LogP contribution in [0.4, 0.5) is 0 Å². The predicted molar refractivity (Wildman–Crippen MR) is 92.5 cm³/mol. The number of fused-ring (bicyclic) bond motifs is 2. The molecule has 0 amide bonds. The van der Waals surface area contributed by atoms with Crippen LogP contribution in [0.25, 0.3) is 5.57 Å². The first-order valence-corrected chi connectivity index (χ1v) is 8.31. The van der Waals surface area contributed by atoms with Gasteiger partial charge in [0, 0.05) is 30.4 Å². The molecule has 2 aliphatic rings. The van der Waals surface area contributed by atoms with Crippen LogP contribution in [-0.4, -0.2) is 30.0 Å². The molecule has 4 rings (SSSR count). The van der Waals surface area contributed by atoms with Gasteiger partial charge in [0.2, 0.25) is 0 Å². The molecule has 0 N–H and O–H groups in total. The van der Waals surface area contributed by atoms with E-state index in [0.717, 1.165) is 37.4 Å². The van der Waals surface area contributed by atoms with Crippen molar-refractivity contribution in [2.75, 3.05) is 20.1 Å². The van der Waals surface area contributed by atoms with Crippen molar-refractivity contribution >= 4 is 5.57 Å². The summed E-state index contributed by atoms with van der Waals surface area (Å²) in [5.74, 6) is 0.990. The van der Waals surface area contributed by atoms with Crippen LogP contribution in [0, 0.1) is 6.92 Å². The summed E-state index contributed by atoms with van der Waals surface area (Å²) in [4.78, 5) is 6.98. The molecule has 3 heterocycles. The minimum Gasteiger partial charge on any atom is -0.487 e. The Morgan fingerprint density at radius 1 is 1.09 bits per heavy atom. The highest BCUT2D eigenvalue weighted by atomic mass is 16.5. The second-order valence-corrected chi connectivity index (χ2v) is 6.57. The molecular weight excluding hydrogens is 284 g/mol. The Bertz CT molecular complexity index is 769. The van der Waals surface area contributed by atoms with E-state index in [0.29, 0.717) is 6.61 Å². The number of ether oxygens (including phenoxy) is 1. The van der Waals surface area contributed by atoms with Gasteiger partial charge in [0.05, 0.1) is 5.69 Å². The van der Waals surface area contributed by atoms with Crippen molar-refractivity contribution in [2.45, 2.75) is 26.4 Å². The number of aromatic nitrogens is 1. The predicted octanol–water partition coefficient (Wildman–Crippen LogP) is 3.81. The fourth-order valence-corrected chi connectivity index (χ4v) is 3.55. The lowest BCUT2D eigenvalue weighted by Gasteiger charge is -2.27. The van der Waals surface area contributed by atoms with Gasteiger partial charge in [-0.3, -0.25) is 4.98 Å². The van der Waals surface area contributed by atoms with Crippen molar-refractivity contribution < 1.29 is 4.74 Å². The maximum absolute atomic E-state index is 6.09. The minimum atomic E-state index is 0.545. The highest BCUT2D eigenvalue weighted by molar-refractivity contribution is 5.86. The van der Waals surface area contributed by atoms with E-state index in [9.17, 15) is 0 Å². The first-order chi connectivity index (χ1) is 11.2. The van der Waals surface area contributed by atoms with Gasteiger partial charge in [-0.05, 0) is 50.1 Å². The van der Waals surface area contributed by atoms with Gasteiger partial charge < -0.3 is 9.64 Å². The van der Waals surface area contributed by atoms with Crippen LogP contribution in [0.15, 0.2) is 42.1 Å². The number of benzene rings is 1. The second kappa shape index (κ2) is 5.82. The molecule has 0 atom stereocenters. The van der Waals surface area contributed by atoms with Crippen LogP contribution < -0.4 is 4.74 Å². The monoisotopic (exact) mass is 306 g/mol. The summed E-state index contributed by atoms with van der Waals surface area (Å²) < 4.78 is 6.09. The molecule has 2 aliphatic heterocycles. The fraction of sp³-hybridized carbons (Fsp3) is 0.350. The lowest BCUT2D eigenvalue weighted by Crippen LogP contribution is -2.27. The van der Waals surface area contributed by atoms with Gasteiger partial charge in [-0.25, -0.2) is 0 Å². The van der Waals surface area contributed by atoms with E-state index in [1.165, 1.54) is 27.8 Å². The number of piperidine rings is 1. The van der Waals surface area contributed by atoms with Crippen LogP contribution in [0.3, 0.4) is 0 Å². The SMILES string of the molecule is Cc1ccc2c(c1)OCc1ncccc1C2=C1CCN(C)CC1. The Morgan fingerprint density at radius 3 is 2.74 bits per heavy atom. The molecule has 1 saturated heterocycles. The third-order valence-electron chi connectivity index (χ3n) is 4.87. The third-order valence-corrected chi connectivity index (χ3v) is 4.87. The van der Waals surface area contributed by atoms with Crippen LogP contribution in [0.2, 0.25) is 0 Å². The molecule has 3 heteroatoms. The second-order valence-electron chi connectivity index (χ2n) is 6.57.